The van der Waals surface area contributed by atoms with Crippen molar-refractivity contribution in [3.63, 3.8) is 0 Å². The number of unbranched alkanes of at least 4 members (excludes halogenated alkanes) is 4. The van der Waals surface area contributed by atoms with Gasteiger partial charge in [-0.25, -0.2) is 0 Å². The Morgan fingerprint density at radius 3 is 2.31 bits per heavy atom. The molecule has 5 nitrogen and oxygen atoms in total. The van der Waals surface area contributed by atoms with E-state index in [1.165, 1.54) is 0 Å². The third-order valence-electron chi connectivity index (χ3n) is 2.59. The molecule has 1 heterocycles. The minimum absolute atomic E-state index is 0.107. The Hall–Kier alpha value is -0.620. The molecule has 1 atom stereocenters. The molecule has 0 aromatic heterocycles. The fourth-order valence-corrected chi connectivity index (χ4v) is 2.85. The number of aliphatic carboxylic acids is 1. The second kappa shape index (κ2) is 6.20. The van der Waals surface area contributed by atoms with E-state index in [1.807, 2.05) is 0 Å². The average molecular weight is 250 g/mol. The molecule has 6 heteroatoms. The van der Waals surface area contributed by atoms with E-state index in [2.05, 4.69) is 4.18 Å². The van der Waals surface area contributed by atoms with E-state index in [4.69, 9.17) is 5.11 Å². The van der Waals surface area contributed by atoms with Gasteiger partial charge in [0.25, 0.3) is 10.1 Å². The standard InChI is InChI=1S/C10H18O5S/c11-10(12)7-5-3-1-2-4-6-9-8-16(13,14)15-9/h9H,1-8H2,(H,11,12). The van der Waals surface area contributed by atoms with Crippen LogP contribution >= 0.6 is 0 Å². The van der Waals surface area contributed by atoms with Crippen molar-refractivity contribution >= 4 is 16.1 Å². The van der Waals surface area contributed by atoms with Crippen LogP contribution in [0.5, 0.6) is 0 Å². The molecule has 0 aromatic carbocycles. The maximum atomic E-state index is 10.7. The van der Waals surface area contributed by atoms with Crippen LogP contribution in [-0.2, 0) is 19.1 Å². The first kappa shape index (κ1) is 13.4. The lowest BCUT2D eigenvalue weighted by Gasteiger charge is -2.25. The second-order valence-electron chi connectivity index (χ2n) is 4.14. The van der Waals surface area contributed by atoms with Gasteiger partial charge in [-0.05, 0) is 12.8 Å². The lowest BCUT2D eigenvalue weighted by Crippen LogP contribution is -2.38. The van der Waals surface area contributed by atoms with Gasteiger partial charge in [0.15, 0.2) is 0 Å². The van der Waals surface area contributed by atoms with Crippen LogP contribution in [0.3, 0.4) is 0 Å². The Morgan fingerprint density at radius 1 is 1.19 bits per heavy atom. The molecule has 0 spiro atoms. The molecule has 1 aliphatic heterocycles. The first-order valence-corrected chi connectivity index (χ1v) is 7.20. The van der Waals surface area contributed by atoms with E-state index >= 15 is 0 Å². The summed E-state index contributed by atoms with van der Waals surface area (Å²) >= 11 is 0. The fraction of sp³-hybridized carbons (Fsp3) is 0.900. The molecule has 1 fully saturated rings. The lowest BCUT2D eigenvalue weighted by molar-refractivity contribution is -0.137. The summed E-state index contributed by atoms with van der Waals surface area (Å²) in [6.45, 7) is 0. The van der Waals surface area contributed by atoms with Crippen molar-refractivity contribution in [3.05, 3.63) is 0 Å². The van der Waals surface area contributed by atoms with Gasteiger partial charge >= 0.3 is 5.97 Å². The van der Waals surface area contributed by atoms with Crippen LogP contribution in [-0.4, -0.2) is 31.4 Å². The second-order valence-corrected chi connectivity index (χ2v) is 5.78. The van der Waals surface area contributed by atoms with Gasteiger partial charge in [-0.2, -0.15) is 8.42 Å². The highest BCUT2D eigenvalue weighted by Crippen LogP contribution is 2.21. The number of carbonyl (C=O) groups is 1. The predicted molar refractivity (Wildman–Crippen MR) is 58.6 cm³/mol. The third kappa shape index (κ3) is 5.46. The van der Waals surface area contributed by atoms with Crippen LogP contribution in [0.15, 0.2) is 0 Å². The van der Waals surface area contributed by atoms with Gasteiger partial charge in [0.05, 0.1) is 6.10 Å². The minimum Gasteiger partial charge on any atom is -0.481 e. The molecule has 1 saturated heterocycles. The molecule has 94 valence electrons. The normalized spacial score (nSPS) is 22.6. The molecule has 0 aliphatic carbocycles. The molecule has 0 radical (unpaired) electrons. The highest BCUT2D eigenvalue weighted by Gasteiger charge is 2.33. The Labute approximate surface area is 95.9 Å². The van der Waals surface area contributed by atoms with Gasteiger partial charge in [0, 0.05) is 6.42 Å². The third-order valence-corrected chi connectivity index (χ3v) is 3.93. The summed E-state index contributed by atoms with van der Waals surface area (Å²) in [5.74, 6) is -0.584. The highest BCUT2D eigenvalue weighted by molar-refractivity contribution is 7.87. The number of hydrogen-bond donors (Lipinski definition) is 1. The molecule has 0 bridgehead atoms. The van der Waals surface area contributed by atoms with Gasteiger partial charge in [-0.15, -0.1) is 0 Å². The molecular weight excluding hydrogens is 232 g/mol. The average Bonchev–Trinajstić information content (AvgIpc) is 2.12. The SMILES string of the molecule is O=C(O)CCCCCCCC1CS(=O)(=O)O1. The first-order valence-electron chi connectivity index (χ1n) is 5.62. The van der Waals surface area contributed by atoms with Gasteiger partial charge in [-0.1, -0.05) is 25.7 Å². The van der Waals surface area contributed by atoms with E-state index in [-0.39, 0.29) is 18.3 Å². The van der Waals surface area contributed by atoms with Crippen molar-refractivity contribution < 1.29 is 22.5 Å². The van der Waals surface area contributed by atoms with Gasteiger partial charge in [0.2, 0.25) is 0 Å². The summed E-state index contributed by atoms with van der Waals surface area (Å²) in [5, 5.41) is 8.40. The van der Waals surface area contributed by atoms with Gasteiger partial charge in [-0.3, -0.25) is 8.98 Å². The van der Waals surface area contributed by atoms with Crippen LogP contribution in [0.4, 0.5) is 0 Å². The van der Waals surface area contributed by atoms with Crippen molar-refractivity contribution in [2.45, 2.75) is 51.0 Å². The zero-order valence-electron chi connectivity index (χ0n) is 9.22. The van der Waals surface area contributed by atoms with Crippen LogP contribution in [0, 0.1) is 0 Å². The zero-order valence-corrected chi connectivity index (χ0v) is 10.0. The summed E-state index contributed by atoms with van der Waals surface area (Å²) < 4.78 is 26.0. The summed E-state index contributed by atoms with van der Waals surface area (Å²) in [4.78, 5) is 10.2. The van der Waals surface area contributed by atoms with Crippen LogP contribution < -0.4 is 0 Å². The molecule has 0 aromatic rings. The van der Waals surface area contributed by atoms with Crippen molar-refractivity contribution in [1.29, 1.82) is 0 Å². The van der Waals surface area contributed by atoms with E-state index in [0.29, 0.717) is 0 Å². The van der Waals surface area contributed by atoms with Crippen molar-refractivity contribution in [2.75, 3.05) is 5.75 Å². The number of carboxylic acids is 1. The Kier molecular flexibility index (Phi) is 5.21. The summed E-state index contributed by atoms with van der Waals surface area (Å²) in [6, 6.07) is 0. The van der Waals surface area contributed by atoms with Crippen LogP contribution in [0.25, 0.3) is 0 Å². The van der Waals surface area contributed by atoms with E-state index in [1.54, 1.807) is 0 Å². The van der Waals surface area contributed by atoms with E-state index < -0.39 is 16.1 Å². The number of rotatable bonds is 8. The molecule has 1 unspecified atom stereocenters. The molecule has 1 rings (SSSR count). The summed E-state index contributed by atoms with van der Waals surface area (Å²) in [7, 11) is -3.16. The maximum absolute atomic E-state index is 10.7. The zero-order chi connectivity index (χ0) is 12.0. The summed E-state index contributed by atoms with van der Waals surface area (Å²) in [5.41, 5.74) is 0. The van der Waals surface area contributed by atoms with Crippen molar-refractivity contribution in [1.82, 2.24) is 0 Å². The molecule has 0 amide bonds. The van der Waals surface area contributed by atoms with E-state index in [9.17, 15) is 13.2 Å². The molecule has 1 aliphatic rings. The van der Waals surface area contributed by atoms with Gasteiger partial charge in [0.1, 0.15) is 5.75 Å². The molecule has 16 heavy (non-hydrogen) atoms. The van der Waals surface area contributed by atoms with Crippen LogP contribution in [0.1, 0.15) is 44.9 Å². The molecule has 1 N–H and O–H groups in total. The Bertz CT molecular complexity index is 310. The number of hydrogen-bond acceptors (Lipinski definition) is 4. The maximum Gasteiger partial charge on any atom is 0.303 e. The first-order chi connectivity index (χ1) is 7.49. The monoisotopic (exact) mass is 250 g/mol. The largest absolute Gasteiger partial charge is 0.481 e. The molecule has 0 saturated carbocycles. The Balaban J connectivity index is 1.84. The molecular formula is C10H18O5S. The summed E-state index contributed by atoms with van der Waals surface area (Å²) in [6.07, 6.45) is 5.55. The number of carboxylic acid groups (broad SMARTS) is 1. The van der Waals surface area contributed by atoms with Crippen LogP contribution in [0.2, 0.25) is 0 Å². The van der Waals surface area contributed by atoms with E-state index in [0.717, 1.165) is 38.5 Å². The highest BCUT2D eigenvalue weighted by atomic mass is 32.2. The topological polar surface area (TPSA) is 80.7 Å². The predicted octanol–water partition coefficient (Wildman–Crippen LogP) is 1.53. The van der Waals surface area contributed by atoms with Gasteiger partial charge < -0.3 is 5.11 Å². The Morgan fingerprint density at radius 2 is 1.75 bits per heavy atom. The minimum atomic E-state index is -3.16. The van der Waals surface area contributed by atoms with Crippen molar-refractivity contribution in [3.8, 4) is 0 Å². The quantitative estimate of drug-likeness (QED) is 0.522. The smallest absolute Gasteiger partial charge is 0.303 e. The fourth-order valence-electron chi connectivity index (χ4n) is 1.74. The lowest BCUT2D eigenvalue weighted by atomic mass is 10.1. The van der Waals surface area contributed by atoms with Crippen molar-refractivity contribution in [2.24, 2.45) is 0 Å².